The third-order valence-corrected chi connectivity index (χ3v) is 4.17. The van der Waals surface area contributed by atoms with E-state index in [1.807, 2.05) is 6.07 Å². The number of fused-ring (bicyclic) bond motifs is 1. The zero-order valence-corrected chi connectivity index (χ0v) is 9.90. The van der Waals surface area contributed by atoms with Crippen molar-refractivity contribution in [1.29, 1.82) is 0 Å². The summed E-state index contributed by atoms with van der Waals surface area (Å²) >= 11 is 0. The number of rotatable bonds is 3. The van der Waals surface area contributed by atoms with Crippen LogP contribution < -0.4 is 4.74 Å². The molecule has 3 rings (SSSR count). The molecule has 0 bridgehead atoms. The van der Waals surface area contributed by atoms with E-state index in [-0.39, 0.29) is 5.92 Å². The molecule has 3 nitrogen and oxygen atoms in total. The molecule has 2 aliphatic carbocycles. The molecule has 0 aromatic heterocycles. The number of hydrogen-bond acceptors (Lipinski definition) is 2. The minimum atomic E-state index is -0.735. The van der Waals surface area contributed by atoms with Crippen LogP contribution in [0.5, 0.6) is 5.75 Å². The lowest BCUT2D eigenvalue weighted by atomic mass is 9.68. The second-order valence-corrected chi connectivity index (χ2v) is 4.97. The van der Waals surface area contributed by atoms with Gasteiger partial charge in [0.05, 0.1) is 13.0 Å². The summed E-state index contributed by atoms with van der Waals surface area (Å²) < 4.78 is 5.28. The third-order valence-electron chi connectivity index (χ3n) is 4.17. The lowest BCUT2D eigenvalue weighted by Gasteiger charge is -2.36. The largest absolute Gasteiger partial charge is 0.496 e. The van der Waals surface area contributed by atoms with Crippen molar-refractivity contribution < 1.29 is 14.6 Å². The maximum atomic E-state index is 11.1. The number of carboxylic acids is 1. The minimum absolute atomic E-state index is 0.361. The van der Waals surface area contributed by atoms with Crippen molar-refractivity contribution in [3.05, 3.63) is 28.8 Å². The quantitative estimate of drug-likeness (QED) is 0.871. The molecule has 90 valence electrons. The topological polar surface area (TPSA) is 46.5 Å². The summed E-state index contributed by atoms with van der Waals surface area (Å²) in [7, 11) is 1.61. The van der Waals surface area contributed by atoms with Crippen molar-refractivity contribution in [1.82, 2.24) is 0 Å². The minimum Gasteiger partial charge on any atom is -0.496 e. The summed E-state index contributed by atoms with van der Waals surface area (Å²) in [6, 6.07) is 4.06. The van der Waals surface area contributed by atoms with Crippen molar-refractivity contribution in [2.45, 2.75) is 37.5 Å². The molecule has 1 aromatic carbocycles. The molecule has 17 heavy (non-hydrogen) atoms. The van der Waals surface area contributed by atoms with E-state index in [0.29, 0.717) is 12.3 Å². The Morgan fingerprint density at radius 3 is 2.71 bits per heavy atom. The van der Waals surface area contributed by atoms with Crippen LogP contribution in [0, 0.1) is 0 Å². The Hall–Kier alpha value is -1.51. The fourth-order valence-electron chi connectivity index (χ4n) is 2.94. The van der Waals surface area contributed by atoms with Crippen LogP contribution in [0.15, 0.2) is 12.1 Å². The highest BCUT2D eigenvalue weighted by Gasteiger charge is 2.39. The van der Waals surface area contributed by atoms with Crippen molar-refractivity contribution in [2.75, 3.05) is 7.11 Å². The average molecular weight is 232 g/mol. The Labute approximate surface area is 100 Å². The van der Waals surface area contributed by atoms with Gasteiger partial charge in [0.15, 0.2) is 0 Å². The van der Waals surface area contributed by atoms with E-state index in [0.717, 1.165) is 11.3 Å². The number of aliphatic carboxylic acids is 1. The van der Waals surface area contributed by atoms with Gasteiger partial charge in [-0.1, -0.05) is 12.5 Å². The molecule has 2 aliphatic rings. The predicted molar refractivity (Wildman–Crippen MR) is 63.7 cm³/mol. The highest BCUT2D eigenvalue weighted by Crippen LogP contribution is 2.49. The Bertz CT molecular complexity index is 475. The number of hydrogen-bond donors (Lipinski definition) is 1. The SMILES string of the molecule is COc1ccc(C2CCC2)c2c1C(C(=O)O)C2. The third kappa shape index (κ3) is 1.45. The fourth-order valence-corrected chi connectivity index (χ4v) is 2.94. The molecule has 1 N–H and O–H groups in total. The van der Waals surface area contributed by atoms with Crippen LogP contribution in [0.25, 0.3) is 0 Å². The number of benzene rings is 1. The standard InChI is InChI=1S/C14H16O3/c1-17-12-6-5-9(8-3-2-4-8)10-7-11(13(10)12)14(15)16/h5-6,8,11H,2-4,7H2,1H3,(H,15,16). The second kappa shape index (κ2) is 3.76. The van der Waals surface area contributed by atoms with E-state index in [1.165, 1.54) is 30.4 Å². The van der Waals surface area contributed by atoms with Gasteiger partial charge in [-0.3, -0.25) is 4.79 Å². The predicted octanol–water partition coefficient (Wildman–Crippen LogP) is 2.69. The maximum absolute atomic E-state index is 11.1. The fraction of sp³-hybridized carbons (Fsp3) is 0.500. The van der Waals surface area contributed by atoms with Crippen molar-refractivity contribution in [3.8, 4) is 5.75 Å². The Balaban J connectivity index is 2.03. The first-order valence-electron chi connectivity index (χ1n) is 6.15. The van der Waals surface area contributed by atoms with E-state index in [9.17, 15) is 4.79 Å². The summed E-state index contributed by atoms with van der Waals surface area (Å²) in [5.74, 6) is 0.299. The summed E-state index contributed by atoms with van der Waals surface area (Å²) in [5, 5.41) is 9.15. The Kier molecular flexibility index (Phi) is 2.35. The lowest BCUT2D eigenvalue weighted by Crippen LogP contribution is -2.28. The van der Waals surface area contributed by atoms with Gasteiger partial charge in [0.25, 0.3) is 0 Å². The van der Waals surface area contributed by atoms with Crippen LogP contribution in [0.1, 0.15) is 47.8 Å². The highest BCUT2D eigenvalue weighted by molar-refractivity contribution is 5.82. The Morgan fingerprint density at radius 2 is 2.18 bits per heavy atom. The van der Waals surface area contributed by atoms with E-state index < -0.39 is 5.97 Å². The first-order valence-corrected chi connectivity index (χ1v) is 6.15. The molecule has 1 atom stereocenters. The summed E-state index contributed by atoms with van der Waals surface area (Å²) in [6.07, 6.45) is 4.47. The first kappa shape index (κ1) is 10.6. The van der Waals surface area contributed by atoms with E-state index in [1.54, 1.807) is 7.11 Å². The molecular formula is C14H16O3. The molecule has 1 unspecified atom stereocenters. The maximum Gasteiger partial charge on any atom is 0.311 e. The van der Waals surface area contributed by atoms with Crippen LogP contribution in [0.2, 0.25) is 0 Å². The van der Waals surface area contributed by atoms with Crippen molar-refractivity contribution in [2.24, 2.45) is 0 Å². The monoisotopic (exact) mass is 232 g/mol. The summed E-state index contributed by atoms with van der Waals surface area (Å²) in [6.45, 7) is 0. The van der Waals surface area contributed by atoms with Gasteiger partial charge in [-0.15, -0.1) is 0 Å². The average Bonchev–Trinajstić information content (AvgIpc) is 2.17. The Morgan fingerprint density at radius 1 is 1.41 bits per heavy atom. The zero-order valence-electron chi connectivity index (χ0n) is 9.90. The summed E-state index contributed by atoms with van der Waals surface area (Å²) in [5.41, 5.74) is 3.52. The van der Waals surface area contributed by atoms with Crippen molar-refractivity contribution in [3.63, 3.8) is 0 Å². The molecule has 1 fully saturated rings. The number of methoxy groups -OCH3 is 1. The van der Waals surface area contributed by atoms with Gasteiger partial charge >= 0.3 is 5.97 Å². The molecule has 0 saturated heterocycles. The van der Waals surface area contributed by atoms with Crippen LogP contribution in [0.3, 0.4) is 0 Å². The lowest BCUT2D eigenvalue weighted by molar-refractivity contribution is -0.139. The van der Waals surface area contributed by atoms with E-state index in [2.05, 4.69) is 6.07 Å². The molecular weight excluding hydrogens is 216 g/mol. The van der Waals surface area contributed by atoms with Gasteiger partial charge in [-0.25, -0.2) is 0 Å². The molecule has 3 heteroatoms. The van der Waals surface area contributed by atoms with Crippen LogP contribution in [-0.2, 0) is 11.2 Å². The van der Waals surface area contributed by atoms with E-state index >= 15 is 0 Å². The molecule has 0 radical (unpaired) electrons. The zero-order chi connectivity index (χ0) is 12.0. The number of carboxylic acid groups (broad SMARTS) is 1. The highest BCUT2D eigenvalue weighted by atomic mass is 16.5. The molecule has 0 amide bonds. The molecule has 0 spiro atoms. The number of ether oxygens (including phenoxy) is 1. The second-order valence-electron chi connectivity index (χ2n) is 4.97. The van der Waals surface area contributed by atoms with Gasteiger partial charge in [0.2, 0.25) is 0 Å². The van der Waals surface area contributed by atoms with Gasteiger partial charge < -0.3 is 9.84 Å². The van der Waals surface area contributed by atoms with Crippen LogP contribution in [0.4, 0.5) is 0 Å². The van der Waals surface area contributed by atoms with Crippen LogP contribution in [-0.4, -0.2) is 18.2 Å². The normalized spacial score (nSPS) is 22.3. The first-order chi connectivity index (χ1) is 8.22. The molecule has 0 heterocycles. The molecule has 0 aliphatic heterocycles. The van der Waals surface area contributed by atoms with Gasteiger partial charge in [0.1, 0.15) is 5.75 Å². The van der Waals surface area contributed by atoms with Crippen molar-refractivity contribution >= 4 is 5.97 Å². The van der Waals surface area contributed by atoms with Gasteiger partial charge in [-0.05, 0) is 42.4 Å². The smallest absolute Gasteiger partial charge is 0.311 e. The number of carbonyl (C=O) groups is 1. The summed E-state index contributed by atoms with van der Waals surface area (Å²) in [4.78, 5) is 11.1. The van der Waals surface area contributed by atoms with Gasteiger partial charge in [-0.2, -0.15) is 0 Å². The van der Waals surface area contributed by atoms with Crippen LogP contribution >= 0.6 is 0 Å². The van der Waals surface area contributed by atoms with Gasteiger partial charge in [0, 0.05) is 5.56 Å². The molecule has 1 saturated carbocycles. The van der Waals surface area contributed by atoms with E-state index in [4.69, 9.17) is 9.84 Å². The molecule has 1 aromatic rings.